The summed E-state index contributed by atoms with van der Waals surface area (Å²) in [5.74, 6) is 0.303. The number of ether oxygens (including phenoxy) is 1. The number of carbonyl (C=O) groups is 1. The largest absolute Gasteiger partial charge is 0.377 e. The number of hydrogen-bond acceptors (Lipinski definition) is 3. The van der Waals surface area contributed by atoms with Crippen LogP contribution in [0.2, 0.25) is 0 Å². The fraction of sp³-hybridized carbons (Fsp3) is 0.929. The van der Waals surface area contributed by atoms with Crippen molar-refractivity contribution in [2.75, 3.05) is 33.3 Å². The Labute approximate surface area is 110 Å². The summed E-state index contributed by atoms with van der Waals surface area (Å²) in [6.07, 6.45) is 4.18. The van der Waals surface area contributed by atoms with Crippen LogP contribution in [0.5, 0.6) is 0 Å². The van der Waals surface area contributed by atoms with E-state index in [0.29, 0.717) is 5.91 Å². The van der Waals surface area contributed by atoms with Crippen molar-refractivity contribution in [2.45, 2.75) is 45.1 Å². The predicted octanol–water partition coefficient (Wildman–Crippen LogP) is 1.40. The summed E-state index contributed by atoms with van der Waals surface area (Å²) in [6, 6.07) is 0. The van der Waals surface area contributed by atoms with E-state index in [0.717, 1.165) is 51.9 Å². The van der Waals surface area contributed by atoms with Gasteiger partial charge in [-0.1, -0.05) is 0 Å². The fourth-order valence-electron chi connectivity index (χ4n) is 3.17. The third-order valence-corrected chi connectivity index (χ3v) is 4.55. The molecule has 2 rings (SSSR count). The topological polar surface area (TPSA) is 41.6 Å². The van der Waals surface area contributed by atoms with Crippen molar-refractivity contribution in [2.24, 2.45) is 5.41 Å². The molecule has 2 unspecified atom stereocenters. The molecule has 0 bridgehead atoms. The van der Waals surface area contributed by atoms with Crippen molar-refractivity contribution in [3.8, 4) is 0 Å². The van der Waals surface area contributed by atoms with Crippen molar-refractivity contribution in [1.29, 1.82) is 0 Å². The second-order valence-corrected chi connectivity index (χ2v) is 6.33. The molecule has 0 saturated carbocycles. The lowest BCUT2D eigenvalue weighted by Gasteiger charge is -2.44. The molecule has 2 atom stereocenters. The maximum atomic E-state index is 12.7. The van der Waals surface area contributed by atoms with Crippen molar-refractivity contribution < 1.29 is 9.53 Å². The Hall–Kier alpha value is -0.610. The second kappa shape index (κ2) is 5.17. The number of carbonyl (C=O) groups excluding carboxylic acids is 1. The number of piperidine rings is 2. The average molecular weight is 254 g/mol. The van der Waals surface area contributed by atoms with Gasteiger partial charge >= 0.3 is 0 Å². The van der Waals surface area contributed by atoms with Gasteiger partial charge in [-0.25, -0.2) is 0 Å². The molecule has 2 aliphatic rings. The molecule has 0 spiro atoms. The minimum Gasteiger partial charge on any atom is -0.377 e. The molecule has 104 valence electrons. The quantitative estimate of drug-likeness (QED) is 0.810. The van der Waals surface area contributed by atoms with Crippen LogP contribution in [0.3, 0.4) is 0 Å². The zero-order chi connectivity index (χ0) is 13.2. The summed E-state index contributed by atoms with van der Waals surface area (Å²) >= 11 is 0. The van der Waals surface area contributed by atoms with Gasteiger partial charge in [0.15, 0.2) is 0 Å². The predicted molar refractivity (Wildman–Crippen MR) is 71.4 cm³/mol. The first-order valence-electron chi connectivity index (χ1n) is 7.04. The molecule has 0 aromatic carbocycles. The molecule has 0 aliphatic carbocycles. The maximum absolute atomic E-state index is 12.7. The molecule has 2 fully saturated rings. The van der Waals surface area contributed by atoms with Crippen molar-refractivity contribution in [3.63, 3.8) is 0 Å². The summed E-state index contributed by atoms with van der Waals surface area (Å²) in [7, 11) is 1.75. The summed E-state index contributed by atoms with van der Waals surface area (Å²) in [5.41, 5.74) is -0.378. The van der Waals surface area contributed by atoms with E-state index < -0.39 is 0 Å². The molecular formula is C14H26N2O2. The highest BCUT2D eigenvalue weighted by Gasteiger charge is 2.41. The standard InChI is InChI=1S/C14H26N2O2/c1-13(6-4-8-15-10-13)12(17)16-9-5-7-14(2,11-16)18-3/h15H,4-11H2,1-3H3. The monoisotopic (exact) mass is 254 g/mol. The average Bonchev–Trinajstić information content (AvgIpc) is 2.39. The molecule has 0 aromatic rings. The number of methoxy groups -OCH3 is 1. The number of hydrogen-bond donors (Lipinski definition) is 1. The SMILES string of the molecule is COC1(C)CCCN(C(=O)C2(C)CCCNC2)C1. The molecule has 4 heteroatoms. The van der Waals surface area contributed by atoms with Gasteiger partial charge in [-0.05, 0) is 46.1 Å². The molecule has 1 N–H and O–H groups in total. The first-order chi connectivity index (χ1) is 8.49. The van der Waals surface area contributed by atoms with E-state index in [1.165, 1.54) is 0 Å². The number of nitrogens with one attached hydrogen (secondary N) is 1. The second-order valence-electron chi connectivity index (χ2n) is 6.33. The highest BCUT2D eigenvalue weighted by Crippen LogP contribution is 2.31. The minimum atomic E-state index is -0.218. The maximum Gasteiger partial charge on any atom is 0.229 e. The lowest BCUT2D eigenvalue weighted by atomic mass is 9.80. The fourth-order valence-corrected chi connectivity index (χ4v) is 3.17. The minimum absolute atomic E-state index is 0.160. The van der Waals surface area contributed by atoms with Gasteiger partial charge in [0.05, 0.1) is 11.0 Å². The Bertz CT molecular complexity index is 313. The molecule has 1 amide bonds. The van der Waals surface area contributed by atoms with E-state index in [2.05, 4.69) is 19.2 Å². The van der Waals surface area contributed by atoms with Gasteiger partial charge in [-0.3, -0.25) is 4.79 Å². The van der Waals surface area contributed by atoms with Gasteiger partial charge < -0.3 is 15.0 Å². The van der Waals surface area contributed by atoms with Crippen molar-refractivity contribution in [1.82, 2.24) is 10.2 Å². The molecule has 2 saturated heterocycles. The smallest absolute Gasteiger partial charge is 0.229 e. The van der Waals surface area contributed by atoms with Crippen LogP contribution in [-0.4, -0.2) is 49.7 Å². The molecule has 18 heavy (non-hydrogen) atoms. The Morgan fingerprint density at radius 2 is 2.06 bits per heavy atom. The molecule has 0 radical (unpaired) electrons. The lowest BCUT2D eigenvalue weighted by Crippen LogP contribution is -2.56. The van der Waals surface area contributed by atoms with Crippen LogP contribution in [-0.2, 0) is 9.53 Å². The van der Waals surface area contributed by atoms with E-state index in [4.69, 9.17) is 4.74 Å². The molecule has 2 heterocycles. The summed E-state index contributed by atoms with van der Waals surface area (Å²) in [6.45, 7) is 7.67. The van der Waals surface area contributed by atoms with Gasteiger partial charge in [-0.2, -0.15) is 0 Å². The van der Waals surface area contributed by atoms with Gasteiger partial charge in [0.25, 0.3) is 0 Å². The van der Waals surface area contributed by atoms with E-state index in [-0.39, 0.29) is 11.0 Å². The first kappa shape index (κ1) is 13.8. The van der Waals surface area contributed by atoms with Crippen LogP contribution < -0.4 is 5.32 Å². The van der Waals surface area contributed by atoms with Crippen LogP contribution >= 0.6 is 0 Å². The van der Waals surface area contributed by atoms with E-state index >= 15 is 0 Å². The van der Waals surface area contributed by atoms with Gasteiger partial charge in [0.1, 0.15) is 0 Å². The Morgan fingerprint density at radius 3 is 2.67 bits per heavy atom. The van der Waals surface area contributed by atoms with Gasteiger partial charge in [0.2, 0.25) is 5.91 Å². The van der Waals surface area contributed by atoms with E-state index in [1.807, 2.05) is 4.90 Å². The van der Waals surface area contributed by atoms with Crippen molar-refractivity contribution >= 4 is 5.91 Å². The summed E-state index contributed by atoms with van der Waals surface area (Å²) < 4.78 is 5.57. The molecular weight excluding hydrogens is 228 g/mol. The third-order valence-electron chi connectivity index (χ3n) is 4.55. The number of amides is 1. The highest BCUT2D eigenvalue weighted by molar-refractivity contribution is 5.83. The van der Waals surface area contributed by atoms with Crippen LogP contribution in [0.25, 0.3) is 0 Å². The van der Waals surface area contributed by atoms with Crippen molar-refractivity contribution in [3.05, 3.63) is 0 Å². The Morgan fingerprint density at radius 1 is 1.28 bits per heavy atom. The van der Waals surface area contributed by atoms with Crippen LogP contribution in [0.4, 0.5) is 0 Å². The van der Waals surface area contributed by atoms with E-state index in [1.54, 1.807) is 7.11 Å². The Balaban J connectivity index is 2.04. The van der Waals surface area contributed by atoms with E-state index in [9.17, 15) is 4.79 Å². The van der Waals surface area contributed by atoms with Gasteiger partial charge in [-0.15, -0.1) is 0 Å². The highest BCUT2D eigenvalue weighted by atomic mass is 16.5. The lowest BCUT2D eigenvalue weighted by molar-refractivity contribution is -0.150. The Kier molecular flexibility index (Phi) is 3.97. The zero-order valence-corrected chi connectivity index (χ0v) is 11.9. The van der Waals surface area contributed by atoms with Crippen LogP contribution in [0.15, 0.2) is 0 Å². The first-order valence-corrected chi connectivity index (χ1v) is 7.04. The molecule has 4 nitrogen and oxygen atoms in total. The summed E-state index contributed by atoms with van der Waals surface area (Å²) in [5, 5.41) is 3.35. The third kappa shape index (κ3) is 2.69. The van der Waals surface area contributed by atoms with Crippen LogP contribution in [0.1, 0.15) is 39.5 Å². The zero-order valence-electron chi connectivity index (χ0n) is 11.9. The number of likely N-dealkylation sites (tertiary alicyclic amines) is 1. The number of rotatable bonds is 2. The number of nitrogens with zero attached hydrogens (tertiary/aromatic N) is 1. The molecule has 2 aliphatic heterocycles. The molecule has 0 aromatic heterocycles. The summed E-state index contributed by atoms with van der Waals surface area (Å²) in [4.78, 5) is 14.7. The van der Waals surface area contributed by atoms with Gasteiger partial charge in [0, 0.05) is 26.7 Å². The van der Waals surface area contributed by atoms with Crippen LogP contribution in [0, 0.1) is 5.41 Å². The normalized spacial score (nSPS) is 37.6.